The molecule has 0 radical (unpaired) electrons. The van der Waals surface area contributed by atoms with Crippen LogP contribution in [0.15, 0.2) is 36.7 Å². The van der Waals surface area contributed by atoms with E-state index in [0.29, 0.717) is 30.2 Å². The Kier molecular flexibility index (Phi) is 6.43. The maximum atomic E-state index is 13.5. The van der Waals surface area contributed by atoms with Crippen molar-refractivity contribution in [1.82, 2.24) is 14.8 Å². The van der Waals surface area contributed by atoms with Gasteiger partial charge in [0.15, 0.2) is 0 Å². The Morgan fingerprint density at radius 1 is 1.21 bits per heavy atom. The van der Waals surface area contributed by atoms with Crippen molar-refractivity contribution < 1.29 is 9.53 Å². The second-order valence-corrected chi connectivity index (χ2v) is 8.74. The van der Waals surface area contributed by atoms with E-state index in [1.807, 2.05) is 24.5 Å². The van der Waals surface area contributed by atoms with E-state index in [0.717, 1.165) is 39.2 Å². The summed E-state index contributed by atoms with van der Waals surface area (Å²) in [6, 6.07) is 4.07. The fourth-order valence-electron chi connectivity index (χ4n) is 5.16. The van der Waals surface area contributed by atoms with Gasteiger partial charge in [0.1, 0.15) is 0 Å². The number of hydrogen-bond acceptors (Lipinski definition) is 4. The number of rotatable bonds is 8. The lowest BCUT2D eigenvalue weighted by Crippen LogP contribution is -2.43. The van der Waals surface area contributed by atoms with E-state index in [9.17, 15) is 4.79 Å². The zero-order valence-electron chi connectivity index (χ0n) is 17.0. The van der Waals surface area contributed by atoms with Crippen molar-refractivity contribution in [2.75, 3.05) is 39.9 Å². The molecule has 2 aliphatic carbocycles. The number of nitrogens with zero attached hydrogens (tertiary/aromatic N) is 3. The Labute approximate surface area is 168 Å². The number of allylic oxidation sites excluding steroid dienone is 2. The number of hydrogen-bond donors (Lipinski definition) is 0. The Morgan fingerprint density at radius 3 is 2.64 bits per heavy atom. The first-order valence-corrected chi connectivity index (χ1v) is 10.8. The second-order valence-electron chi connectivity index (χ2n) is 8.74. The molecule has 0 spiro atoms. The predicted molar refractivity (Wildman–Crippen MR) is 110 cm³/mol. The van der Waals surface area contributed by atoms with E-state index in [1.165, 1.54) is 24.8 Å². The minimum atomic E-state index is 0.193. The van der Waals surface area contributed by atoms with E-state index in [4.69, 9.17) is 4.74 Å². The fourth-order valence-corrected chi connectivity index (χ4v) is 5.16. The molecule has 0 aromatic carbocycles. The van der Waals surface area contributed by atoms with Gasteiger partial charge in [-0.05, 0) is 74.2 Å². The predicted octanol–water partition coefficient (Wildman–Crippen LogP) is 2.98. The molecule has 2 heterocycles. The molecule has 1 aliphatic heterocycles. The number of carbonyl (C=O) groups excluding carboxylic acids is 1. The largest absolute Gasteiger partial charge is 0.383 e. The Bertz CT molecular complexity index is 670. The van der Waals surface area contributed by atoms with Gasteiger partial charge < -0.3 is 14.5 Å². The average molecular weight is 384 g/mol. The van der Waals surface area contributed by atoms with Crippen LogP contribution in [-0.2, 0) is 16.1 Å². The van der Waals surface area contributed by atoms with E-state index >= 15 is 0 Å². The number of amides is 1. The third-order valence-electron chi connectivity index (χ3n) is 6.83. The quantitative estimate of drug-likeness (QED) is 0.648. The SMILES string of the molecule is COCCN1CCC(CN(Cc2ccncc2)C(=O)[C@@H]2C[C@@H]3C=C[C@H]2C3)CC1. The number of ether oxygens (including phenoxy) is 1. The normalized spacial score (nSPS) is 27.4. The Hall–Kier alpha value is -1.72. The third-order valence-corrected chi connectivity index (χ3v) is 6.83. The molecular weight excluding hydrogens is 350 g/mol. The van der Waals surface area contributed by atoms with Crippen molar-refractivity contribution in [2.45, 2.75) is 32.2 Å². The third kappa shape index (κ3) is 4.64. The molecule has 3 aliphatic rings. The molecule has 1 aromatic rings. The highest BCUT2D eigenvalue weighted by atomic mass is 16.5. The molecule has 5 heteroatoms. The van der Waals surface area contributed by atoms with Crippen LogP contribution in [-0.4, -0.2) is 60.6 Å². The summed E-state index contributed by atoms with van der Waals surface area (Å²) in [5, 5.41) is 0. The van der Waals surface area contributed by atoms with Crippen molar-refractivity contribution in [3.63, 3.8) is 0 Å². The molecule has 152 valence electrons. The van der Waals surface area contributed by atoms with Crippen LogP contribution in [0.1, 0.15) is 31.2 Å². The van der Waals surface area contributed by atoms with Gasteiger partial charge >= 0.3 is 0 Å². The van der Waals surface area contributed by atoms with Crippen molar-refractivity contribution in [2.24, 2.45) is 23.7 Å². The van der Waals surface area contributed by atoms with E-state index < -0.39 is 0 Å². The van der Waals surface area contributed by atoms with Gasteiger partial charge in [0.25, 0.3) is 0 Å². The number of likely N-dealkylation sites (tertiary alicyclic amines) is 1. The second kappa shape index (κ2) is 9.19. The van der Waals surface area contributed by atoms with Crippen molar-refractivity contribution >= 4 is 5.91 Å². The number of fused-ring (bicyclic) bond motifs is 2. The van der Waals surface area contributed by atoms with Gasteiger partial charge in [-0.25, -0.2) is 0 Å². The molecule has 3 atom stereocenters. The smallest absolute Gasteiger partial charge is 0.226 e. The molecular formula is C23H33N3O2. The van der Waals surface area contributed by atoms with E-state index in [1.54, 1.807) is 7.11 Å². The van der Waals surface area contributed by atoms with Gasteiger partial charge in [-0.2, -0.15) is 0 Å². The molecule has 1 amide bonds. The summed E-state index contributed by atoms with van der Waals surface area (Å²) in [4.78, 5) is 22.2. The maximum Gasteiger partial charge on any atom is 0.226 e. The molecule has 1 aromatic heterocycles. The first-order valence-electron chi connectivity index (χ1n) is 10.8. The van der Waals surface area contributed by atoms with Crippen LogP contribution in [0.3, 0.4) is 0 Å². The number of aromatic nitrogens is 1. The van der Waals surface area contributed by atoms with Gasteiger partial charge in [0.05, 0.1) is 6.61 Å². The molecule has 2 bridgehead atoms. The number of piperidine rings is 1. The number of methoxy groups -OCH3 is 1. The van der Waals surface area contributed by atoms with Crippen molar-refractivity contribution in [1.29, 1.82) is 0 Å². The van der Waals surface area contributed by atoms with Gasteiger partial charge in [-0.15, -0.1) is 0 Å². The zero-order valence-corrected chi connectivity index (χ0v) is 17.0. The first-order chi connectivity index (χ1) is 13.7. The summed E-state index contributed by atoms with van der Waals surface area (Å²) in [5.74, 6) is 2.26. The van der Waals surface area contributed by atoms with Gasteiger partial charge in [-0.3, -0.25) is 9.78 Å². The van der Waals surface area contributed by atoms with E-state index in [2.05, 4.69) is 26.9 Å². The van der Waals surface area contributed by atoms with Crippen LogP contribution in [0.5, 0.6) is 0 Å². The van der Waals surface area contributed by atoms with E-state index in [-0.39, 0.29) is 5.92 Å². The van der Waals surface area contributed by atoms with Crippen LogP contribution >= 0.6 is 0 Å². The van der Waals surface area contributed by atoms with Crippen LogP contribution < -0.4 is 0 Å². The summed E-state index contributed by atoms with van der Waals surface area (Å²) in [6.07, 6.45) is 12.8. The molecule has 0 unspecified atom stereocenters. The van der Waals surface area contributed by atoms with Crippen LogP contribution in [0.4, 0.5) is 0 Å². The molecule has 28 heavy (non-hydrogen) atoms. The van der Waals surface area contributed by atoms with Gasteiger partial charge in [-0.1, -0.05) is 12.2 Å². The number of pyridine rings is 1. The number of carbonyl (C=O) groups is 1. The molecule has 0 N–H and O–H groups in total. The summed E-state index contributed by atoms with van der Waals surface area (Å²) >= 11 is 0. The summed E-state index contributed by atoms with van der Waals surface area (Å²) in [7, 11) is 1.76. The lowest BCUT2D eigenvalue weighted by molar-refractivity contribution is -0.138. The monoisotopic (exact) mass is 383 g/mol. The topological polar surface area (TPSA) is 45.7 Å². The van der Waals surface area contributed by atoms with Gasteiger partial charge in [0, 0.05) is 45.1 Å². The van der Waals surface area contributed by atoms with Gasteiger partial charge in [0.2, 0.25) is 5.91 Å². The van der Waals surface area contributed by atoms with Crippen LogP contribution in [0.2, 0.25) is 0 Å². The lowest BCUT2D eigenvalue weighted by Gasteiger charge is -2.36. The zero-order chi connectivity index (χ0) is 19.3. The molecule has 1 saturated heterocycles. The highest BCUT2D eigenvalue weighted by molar-refractivity contribution is 5.80. The fraction of sp³-hybridized carbons (Fsp3) is 0.652. The summed E-state index contributed by atoms with van der Waals surface area (Å²) < 4.78 is 5.21. The standard InChI is InChI=1S/C23H33N3O2/c1-28-13-12-25-10-6-19(7-11-25)17-26(16-18-4-8-24-9-5-18)23(27)22-15-20-2-3-21(22)14-20/h2-5,8-9,19-22H,6-7,10-17H2,1H3/t20-,21+,22-/m1/s1. The molecule has 4 rings (SSSR count). The molecule has 5 nitrogen and oxygen atoms in total. The molecule has 1 saturated carbocycles. The van der Waals surface area contributed by atoms with Crippen LogP contribution in [0, 0.1) is 23.7 Å². The molecule has 2 fully saturated rings. The summed E-state index contributed by atoms with van der Waals surface area (Å²) in [6.45, 7) is 5.64. The average Bonchev–Trinajstić information content (AvgIpc) is 3.37. The highest BCUT2D eigenvalue weighted by Gasteiger charge is 2.41. The minimum absolute atomic E-state index is 0.193. The van der Waals surface area contributed by atoms with Crippen LogP contribution in [0.25, 0.3) is 0 Å². The minimum Gasteiger partial charge on any atom is -0.383 e. The Balaban J connectivity index is 1.39. The first kappa shape index (κ1) is 19.6. The highest BCUT2D eigenvalue weighted by Crippen LogP contribution is 2.44. The van der Waals surface area contributed by atoms with Crippen molar-refractivity contribution in [3.05, 3.63) is 42.2 Å². The van der Waals surface area contributed by atoms with Crippen molar-refractivity contribution in [3.8, 4) is 0 Å². The maximum absolute atomic E-state index is 13.5. The Morgan fingerprint density at radius 2 is 2.00 bits per heavy atom. The summed E-state index contributed by atoms with van der Waals surface area (Å²) in [5.41, 5.74) is 1.18. The lowest BCUT2D eigenvalue weighted by atomic mass is 9.90.